The van der Waals surface area contributed by atoms with Crippen LogP contribution in [0, 0.1) is 0 Å². The van der Waals surface area contributed by atoms with Gasteiger partial charge in [-0.15, -0.1) is 0 Å². The lowest BCUT2D eigenvalue weighted by atomic mass is 10.0. The Morgan fingerprint density at radius 2 is 0.653 bits per heavy atom. The molecule has 2 atom stereocenters. The van der Waals surface area contributed by atoms with Crippen LogP contribution in [0.25, 0.3) is 0 Å². The van der Waals surface area contributed by atoms with Crippen molar-refractivity contribution in [1.82, 2.24) is 5.32 Å². The highest BCUT2D eigenvalue weighted by molar-refractivity contribution is 5.76. The van der Waals surface area contributed by atoms with Gasteiger partial charge in [-0.2, -0.15) is 0 Å². The van der Waals surface area contributed by atoms with Crippen LogP contribution in [0.2, 0.25) is 0 Å². The van der Waals surface area contributed by atoms with Crippen LogP contribution in [-0.2, 0) is 14.3 Å². The molecule has 1 amide bonds. The average Bonchev–Trinajstić information content (AvgIpc) is 3.38. The minimum atomic E-state index is -0.665. The second kappa shape index (κ2) is 62.1. The lowest BCUT2D eigenvalue weighted by Gasteiger charge is -2.22. The highest BCUT2D eigenvalue weighted by Crippen LogP contribution is 2.18. The number of allylic oxidation sites excluding steroid dienone is 2. The summed E-state index contributed by atoms with van der Waals surface area (Å²) in [6.07, 6.45) is 75.3. The van der Waals surface area contributed by atoms with Crippen LogP contribution in [-0.4, -0.2) is 47.4 Å². The highest BCUT2D eigenvalue weighted by atomic mass is 16.5. The van der Waals surface area contributed by atoms with Crippen molar-refractivity contribution in [2.24, 2.45) is 0 Å². The third kappa shape index (κ3) is 57.9. The molecule has 0 heterocycles. The van der Waals surface area contributed by atoms with Gasteiger partial charge in [-0.25, -0.2) is 0 Å². The molecule has 72 heavy (non-hydrogen) atoms. The van der Waals surface area contributed by atoms with Crippen molar-refractivity contribution in [1.29, 1.82) is 0 Å². The van der Waals surface area contributed by atoms with Crippen molar-refractivity contribution >= 4 is 11.9 Å². The Kier molecular flexibility index (Phi) is 60.9. The largest absolute Gasteiger partial charge is 0.466 e. The van der Waals surface area contributed by atoms with Gasteiger partial charge in [0.1, 0.15) is 0 Å². The number of hydrogen-bond donors (Lipinski definition) is 3. The van der Waals surface area contributed by atoms with E-state index in [0.29, 0.717) is 25.9 Å². The van der Waals surface area contributed by atoms with Gasteiger partial charge in [-0.1, -0.05) is 321 Å². The second-order valence-electron chi connectivity index (χ2n) is 22.8. The van der Waals surface area contributed by atoms with Crippen molar-refractivity contribution < 1.29 is 24.5 Å². The monoisotopic (exact) mass is 1020 g/mol. The number of ether oxygens (including phenoxy) is 1. The number of amides is 1. The molecular formula is C66H129NO5. The van der Waals surface area contributed by atoms with Crippen LogP contribution in [0.5, 0.6) is 0 Å². The second-order valence-corrected chi connectivity index (χ2v) is 22.8. The number of aliphatic hydroxyl groups excluding tert-OH is 2. The molecule has 0 rings (SSSR count). The maximum Gasteiger partial charge on any atom is 0.305 e. The summed E-state index contributed by atoms with van der Waals surface area (Å²) in [6.45, 7) is 4.98. The van der Waals surface area contributed by atoms with Crippen molar-refractivity contribution in [3.05, 3.63) is 12.2 Å². The van der Waals surface area contributed by atoms with Gasteiger partial charge in [0.2, 0.25) is 5.91 Å². The van der Waals surface area contributed by atoms with E-state index >= 15 is 0 Å². The summed E-state index contributed by atoms with van der Waals surface area (Å²) in [5.41, 5.74) is 0. The number of carbonyl (C=O) groups excluding carboxylic acids is 2. The maximum atomic E-state index is 12.5. The lowest BCUT2D eigenvalue weighted by Crippen LogP contribution is -2.45. The SMILES string of the molecule is CCCCCCCCCCCCCCCCCCCCCC(=O)OCCCCCCCCCCCCCC/C=C\CCCCCCCCCCC(=O)NC(CO)C(O)CCCCCCCCCCCCCC. The van der Waals surface area contributed by atoms with Gasteiger partial charge in [0.25, 0.3) is 0 Å². The number of aliphatic hydroxyl groups is 2. The van der Waals surface area contributed by atoms with E-state index in [9.17, 15) is 19.8 Å². The van der Waals surface area contributed by atoms with Crippen LogP contribution in [0.1, 0.15) is 373 Å². The molecule has 6 nitrogen and oxygen atoms in total. The molecule has 0 spiro atoms. The van der Waals surface area contributed by atoms with Gasteiger partial charge in [0.05, 0.1) is 25.4 Å². The molecule has 428 valence electrons. The van der Waals surface area contributed by atoms with Crippen molar-refractivity contribution in [2.75, 3.05) is 13.2 Å². The van der Waals surface area contributed by atoms with E-state index in [-0.39, 0.29) is 18.5 Å². The molecule has 0 aliphatic carbocycles. The quantitative estimate of drug-likeness (QED) is 0.0320. The van der Waals surface area contributed by atoms with Gasteiger partial charge in [-0.3, -0.25) is 9.59 Å². The zero-order valence-electron chi connectivity index (χ0n) is 48.9. The number of unbranched alkanes of at least 4 members (excludes halogenated alkanes) is 49. The van der Waals surface area contributed by atoms with E-state index in [1.165, 1.54) is 302 Å². The minimum absolute atomic E-state index is 0.0181. The van der Waals surface area contributed by atoms with E-state index in [1.807, 2.05) is 0 Å². The van der Waals surface area contributed by atoms with Crippen LogP contribution >= 0.6 is 0 Å². The fourth-order valence-corrected chi connectivity index (χ4v) is 10.5. The standard InChI is InChI=1S/C66H129NO5/c1-3-5-7-9-11-13-15-17-18-19-26-30-33-36-40-44-48-52-56-60-66(71)72-61-57-53-49-45-41-37-34-31-28-25-23-21-20-22-24-27-29-32-35-39-43-47-51-55-59-65(70)67-63(62-68)64(69)58-54-50-46-42-38-16-14-12-10-8-6-4-2/h22,24,63-64,68-69H,3-21,23,25-62H2,1-2H3,(H,67,70)/b24-22-. The minimum Gasteiger partial charge on any atom is -0.466 e. The van der Waals surface area contributed by atoms with Crippen molar-refractivity contribution in [2.45, 2.75) is 386 Å². The summed E-state index contributed by atoms with van der Waals surface area (Å²) in [6, 6.07) is -0.543. The zero-order chi connectivity index (χ0) is 52.2. The van der Waals surface area contributed by atoms with Crippen LogP contribution in [0.4, 0.5) is 0 Å². The number of esters is 1. The van der Waals surface area contributed by atoms with E-state index in [1.54, 1.807) is 0 Å². The molecule has 0 aromatic carbocycles. The Hall–Kier alpha value is -1.40. The van der Waals surface area contributed by atoms with Gasteiger partial charge >= 0.3 is 5.97 Å². The summed E-state index contributed by atoms with van der Waals surface area (Å²) >= 11 is 0. The van der Waals surface area contributed by atoms with Gasteiger partial charge in [-0.05, 0) is 51.4 Å². The molecule has 3 N–H and O–H groups in total. The molecule has 6 heteroatoms. The molecule has 2 unspecified atom stereocenters. The third-order valence-corrected chi connectivity index (χ3v) is 15.6. The fourth-order valence-electron chi connectivity index (χ4n) is 10.5. The highest BCUT2D eigenvalue weighted by Gasteiger charge is 2.20. The van der Waals surface area contributed by atoms with Gasteiger partial charge < -0.3 is 20.3 Å². The predicted octanol–water partition coefficient (Wildman–Crippen LogP) is 20.8. The predicted molar refractivity (Wildman–Crippen MR) is 315 cm³/mol. The van der Waals surface area contributed by atoms with Gasteiger partial charge in [0, 0.05) is 12.8 Å². The number of nitrogens with one attached hydrogen (secondary N) is 1. The number of hydrogen-bond acceptors (Lipinski definition) is 5. The van der Waals surface area contributed by atoms with E-state index < -0.39 is 12.1 Å². The van der Waals surface area contributed by atoms with E-state index in [0.717, 1.165) is 38.5 Å². The molecule has 0 radical (unpaired) electrons. The first-order chi connectivity index (χ1) is 35.5. The Bertz CT molecular complexity index is 1080. The molecule has 0 aromatic heterocycles. The Morgan fingerprint density at radius 3 is 0.986 bits per heavy atom. The fraction of sp³-hybridized carbons (Fsp3) is 0.939. The number of rotatable bonds is 62. The molecule has 0 bridgehead atoms. The Labute approximate surface area is 450 Å². The first-order valence-electron chi connectivity index (χ1n) is 32.9. The Balaban J connectivity index is 3.35. The molecule has 0 aliphatic rings. The van der Waals surface area contributed by atoms with Crippen LogP contribution in [0.3, 0.4) is 0 Å². The van der Waals surface area contributed by atoms with Crippen molar-refractivity contribution in [3.63, 3.8) is 0 Å². The lowest BCUT2D eigenvalue weighted by molar-refractivity contribution is -0.143. The molecule has 0 saturated carbocycles. The summed E-state index contributed by atoms with van der Waals surface area (Å²) in [7, 11) is 0. The summed E-state index contributed by atoms with van der Waals surface area (Å²) in [4.78, 5) is 24.6. The third-order valence-electron chi connectivity index (χ3n) is 15.6. The smallest absolute Gasteiger partial charge is 0.305 e. The first-order valence-corrected chi connectivity index (χ1v) is 32.9. The number of carbonyl (C=O) groups is 2. The molecule has 0 aliphatic heterocycles. The van der Waals surface area contributed by atoms with Crippen LogP contribution in [0.15, 0.2) is 12.2 Å². The zero-order valence-corrected chi connectivity index (χ0v) is 48.9. The maximum absolute atomic E-state index is 12.5. The molecule has 0 saturated heterocycles. The molecular weight excluding hydrogens is 887 g/mol. The summed E-state index contributed by atoms with van der Waals surface area (Å²) < 4.78 is 5.51. The Morgan fingerprint density at radius 1 is 0.375 bits per heavy atom. The van der Waals surface area contributed by atoms with E-state index in [2.05, 4.69) is 31.3 Å². The van der Waals surface area contributed by atoms with Crippen molar-refractivity contribution in [3.8, 4) is 0 Å². The molecule has 0 aromatic rings. The van der Waals surface area contributed by atoms with Crippen LogP contribution < -0.4 is 5.32 Å². The topological polar surface area (TPSA) is 95.9 Å². The normalized spacial score (nSPS) is 12.6. The van der Waals surface area contributed by atoms with Gasteiger partial charge in [0.15, 0.2) is 0 Å². The average molecular weight is 1020 g/mol. The summed E-state index contributed by atoms with van der Waals surface area (Å²) in [5.74, 6) is -0.0201. The molecule has 0 fully saturated rings. The first kappa shape index (κ1) is 70.6. The summed E-state index contributed by atoms with van der Waals surface area (Å²) in [5, 5.41) is 23.2. The van der Waals surface area contributed by atoms with E-state index in [4.69, 9.17) is 4.74 Å².